The molecule has 0 spiro atoms. The minimum Gasteiger partial charge on any atom is -0.421 e. The van der Waals surface area contributed by atoms with Crippen molar-refractivity contribution in [1.29, 1.82) is 0 Å². The molecule has 14 heteroatoms. The molecule has 6 nitrogen and oxygen atoms in total. The average Bonchev–Trinajstić information content (AvgIpc) is 2.57. The molecule has 0 saturated carbocycles. The molecule has 0 rings (SSSR count). The molecule has 0 amide bonds. The summed E-state index contributed by atoms with van der Waals surface area (Å²) in [6.07, 6.45) is 15.9. The van der Waals surface area contributed by atoms with Crippen LogP contribution in [0.2, 0.25) is 0 Å². The molecule has 184 valence electrons. The Bertz CT molecular complexity index is 581. The lowest BCUT2D eigenvalue weighted by Gasteiger charge is -2.22. The molecule has 0 radical (unpaired) electrons. The second-order valence-corrected chi connectivity index (χ2v) is 10.1. The van der Waals surface area contributed by atoms with Gasteiger partial charge in [0.1, 0.15) is 0 Å². The highest BCUT2D eigenvalue weighted by molar-refractivity contribution is 8.13. The van der Waals surface area contributed by atoms with Crippen LogP contribution in [0.5, 0.6) is 0 Å². The van der Waals surface area contributed by atoms with Gasteiger partial charge in [-0.15, -0.1) is 0 Å². The van der Waals surface area contributed by atoms with E-state index in [1.54, 1.807) is 0 Å². The van der Waals surface area contributed by atoms with E-state index < -0.39 is 31.1 Å². The van der Waals surface area contributed by atoms with Gasteiger partial charge in [0.25, 0.3) is 0 Å². The van der Waals surface area contributed by atoms with Gasteiger partial charge in [-0.25, -0.2) is 16.8 Å². The van der Waals surface area contributed by atoms with Crippen LogP contribution in [0.4, 0.5) is 26.3 Å². The van der Waals surface area contributed by atoms with Crippen LogP contribution in [0.1, 0.15) is 77.6 Å². The maximum atomic E-state index is 11.4. The Balaban J connectivity index is 0. The third-order valence-corrected chi connectivity index (χ3v) is 6.62. The van der Waals surface area contributed by atoms with E-state index >= 15 is 0 Å². The Morgan fingerprint density at radius 3 is 1.20 bits per heavy atom. The van der Waals surface area contributed by atoms with Crippen molar-refractivity contribution in [1.82, 2.24) is 0 Å². The summed E-state index contributed by atoms with van der Waals surface area (Å²) >= 11 is 0. The number of unbranched alkanes of at least 4 members (excludes halogenated alkanes) is 10. The number of rotatable bonds is 14. The zero-order valence-corrected chi connectivity index (χ0v) is 18.9. The topological polar surface area (TPSA) is 99.0 Å². The summed E-state index contributed by atoms with van der Waals surface area (Å²) in [6, 6.07) is 0. The number of nitrogens with two attached hydrogens (primary N) is 1. The van der Waals surface area contributed by atoms with Gasteiger partial charge in [0.15, 0.2) is 20.0 Å². The number of hydrogen-bond acceptors (Lipinski definition) is 4. The molecular weight excluding hydrogens is 462 g/mol. The molecule has 0 saturated heterocycles. The third kappa shape index (κ3) is 15.2. The summed E-state index contributed by atoms with van der Waals surface area (Å²) < 4.78 is 109. The Morgan fingerprint density at radius 1 is 0.633 bits per heavy atom. The first-order valence-corrected chi connectivity index (χ1v) is 12.6. The van der Waals surface area contributed by atoms with E-state index in [-0.39, 0.29) is 0 Å². The van der Waals surface area contributed by atoms with E-state index in [0.717, 1.165) is 4.13 Å². The Morgan fingerprint density at radius 2 is 0.933 bits per heavy atom. The fourth-order valence-corrected chi connectivity index (χ4v) is 3.94. The Kier molecular flexibility index (Phi) is 16.0. The number of hydrogen-bond donors (Lipinski definition) is 1. The van der Waals surface area contributed by atoms with Gasteiger partial charge < -0.3 is 9.44 Å². The summed E-state index contributed by atoms with van der Waals surface area (Å²) in [4.78, 5) is 0. The second-order valence-electron chi connectivity index (χ2n) is 6.65. The van der Waals surface area contributed by atoms with E-state index in [1.165, 1.54) is 77.2 Å². The average molecular weight is 495 g/mol. The molecule has 0 bridgehead atoms. The number of halogens is 6. The first kappa shape index (κ1) is 31.6. The molecule has 0 fully saturated rings. The van der Waals surface area contributed by atoms with Crippen LogP contribution in [-0.4, -0.2) is 41.4 Å². The van der Waals surface area contributed by atoms with Crippen LogP contribution in [-0.2, 0) is 20.0 Å². The van der Waals surface area contributed by atoms with Gasteiger partial charge in [-0.2, -0.15) is 26.3 Å². The van der Waals surface area contributed by atoms with Crippen LogP contribution in [0.3, 0.4) is 0 Å². The zero-order valence-electron chi connectivity index (χ0n) is 17.2. The minimum absolute atomic E-state index is 0.778. The molecular formula is C16H32F6N2O4S2. The second kappa shape index (κ2) is 15.2. The van der Waals surface area contributed by atoms with Crippen molar-refractivity contribution < 1.29 is 48.5 Å². The molecule has 0 unspecified atom stereocenters. The molecule has 0 atom stereocenters. The normalized spacial score (nSPS) is 13.1. The molecule has 2 N–H and O–H groups in total. The Labute approximate surface area is 175 Å². The van der Waals surface area contributed by atoms with Crippen LogP contribution in [0, 0.1) is 0 Å². The minimum atomic E-state index is -6.72. The zero-order chi connectivity index (χ0) is 23.9. The van der Waals surface area contributed by atoms with E-state index in [0.29, 0.717) is 0 Å². The van der Waals surface area contributed by atoms with E-state index in [2.05, 4.69) is 19.3 Å². The van der Waals surface area contributed by atoms with Crippen molar-refractivity contribution in [3.05, 3.63) is 4.13 Å². The molecule has 0 aromatic heterocycles. The van der Waals surface area contributed by atoms with E-state index in [9.17, 15) is 43.2 Å². The van der Waals surface area contributed by atoms with Crippen molar-refractivity contribution in [3.63, 3.8) is 0 Å². The molecule has 30 heavy (non-hydrogen) atoms. The lowest BCUT2D eigenvalue weighted by Crippen LogP contribution is -2.79. The summed E-state index contributed by atoms with van der Waals surface area (Å²) in [5, 5.41) is 2.29. The molecule has 0 aliphatic rings. The van der Waals surface area contributed by atoms with Crippen molar-refractivity contribution in [3.8, 4) is 0 Å². The van der Waals surface area contributed by atoms with Crippen LogP contribution in [0.25, 0.3) is 4.13 Å². The van der Waals surface area contributed by atoms with Crippen molar-refractivity contribution in [2.45, 2.75) is 88.6 Å². The molecule has 0 heterocycles. The first-order chi connectivity index (χ1) is 13.6. The van der Waals surface area contributed by atoms with Gasteiger partial charge in [0.05, 0.1) is 13.6 Å². The summed E-state index contributed by atoms with van der Waals surface area (Å²) in [7, 11) is -11.3. The predicted molar refractivity (Wildman–Crippen MR) is 102 cm³/mol. The standard InChI is InChI=1S/C14H31N.C2F6NO4S2/c1-3-4-5-6-7-8-9-10-11-12-13-14-15-2;3-1(4,5)14(10,11)9-15(12,13)2(6,7)8/h15H,3-14H2,1-2H3;/q;-1/p+1. The van der Waals surface area contributed by atoms with Gasteiger partial charge >= 0.3 is 11.0 Å². The van der Waals surface area contributed by atoms with Gasteiger partial charge in [-0.05, 0) is 12.8 Å². The van der Waals surface area contributed by atoms with Crippen molar-refractivity contribution >= 4 is 20.0 Å². The lowest BCUT2D eigenvalue weighted by atomic mass is 10.1. The molecule has 0 aliphatic carbocycles. The highest BCUT2D eigenvalue weighted by atomic mass is 32.3. The first-order valence-electron chi connectivity index (χ1n) is 9.77. The monoisotopic (exact) mass is 494 g/mol. The quantitative estimate of drug-likeness (QED) is 0.283. The van der Waals surface area contributed by atoms with Crippen molar-refractivity contribution in [2.75, 3.05) is 13.6 Å². The van der Waals surface area contributed by atoms with Gasteiger partial charge in [0.2, 0.25) is 0 Å². The van der Waals surface area contributed by atoms with E-state index in [4.69, 9.17) is 0 Å². The molecule has 0 aromatic carbocycles. The SMILES string of the molecule is CCCCCCCCCCCCC[NH2+]C.O=S(=O)([N-]S(=O)(=O)C(F)(F)F)C(F)(F)F. The fourth-order valence-electron chi connectivity index (χ4n) is 2.23. The van der Waals surface area contributed by atoms with E-state index in [1.807, 2.05) is 0 Å². The third-order valence-electron chi connectivity index (χ3n) is 3.88. The highest BCUT2D eigenvalue weighted by Crippen LogP contribution is 2.36. The smallest absolute Gasteiger partial charge is 0.421 e. The largest absolute Gasteiger partial charge is 0.480 e. The predicted octanol–water partition coefficient (Wildman–Crippen LogP) is 4.55. The van der Waals surface area contributed by atoms with Gasteiger partial charge in [-0.1, -0.05) is 64.7 Å². The van der Waals surface area contributed by atoms with Crippen molar-refractivity contribution in [2.24, 2.45) is 0 Å². The van der Waals surface area contributed by atoms with Gasteiger partial charge in [-0.3, -0.25) is 0 Å². The summed E-state index contributed by atoms with van der Waals surface area (Å²) in [6.45, 7) is 3.60. The fraction of sp³-hybridized carbons (Fsp3) is 1.00. The van der Waals surface area contributed by atoms with Gasteiger partial charge in [0, 0.05) is 0 Å². The highest BCUT2D eigenvalue weighted by Gasteiger charge is 2.46. The van der Waals surface area contributed by atoms with Crippen LogP contribution >= 0.6 is 0 Å². The maximum absolute atomic E-state index is 11.4. The number of sulfonamides is 2. The number of quaternary nitrogens is 1. The molecule has 0 aromatic rings. The maximum Gasteiger partial charge on any atom is 0.480 e. The Hall–Kier alpha value is -0.600. The van der Waals surface area contributed by atoms with Crippen LogP contribution < -0.4 is 5.32 Å². The summed E-state index contributed by atoms with van der Waals surface area (Å²) in [5.41, 5.74) is -12.4. The number of alkyl halides is 6. The van der Waals surface area contributed by atoms with Crippen LogP contribution in [0.15, 0.2) is 0 Å². The summed E-state index contributed by atoms with van der Waals surface area (Å²) in [5.74, 6) is 0. The number of nitrogens with zero attached hydrogens (tertiary/aromatic N) is 1. The lowest BCUT2D eigenvalue weighted by molar-refractivity contribution is -0.627. The molecule has 0 aliphatic heterocycles.